The summed E-state index contributed by atoms with van der Waals surface area (Å²) in [4.78, 5) is 0. The fraction of sp³-hybridized carbons (Fsp3) is 0.200. The van der Waals surface area contributed by atoms with E-state index in [0.717, 1.165) is 30.9 Å². The number of rotatable bonds is 4. The van der Waals surface area contributed by atoms with Crippen LogP contribution in [-0.2, 0) is 12.8 Å². The second-order valence-electron chi connectivity index (χ2n) is 6.28. The highest BCUT2D eigenvalue weighted by Crippen LogP contribution is 2.33. The number of benzene rings is 2. The molecular weight excluding hydrogens is 328 g/mol. The van der Waals surface area contributed by atoms with Crippen molar-refractivity contribution in [2.45, 2.75) is 18.8 Å². The molecule has 0 spiro atoms. The van der Waals surface area contributed by atoms with E-state index >= 15 is 0 Å². The van der Waals surface area contributed by atoms with Crippen molar-refractivity contribution >= 4 is 23.1 Å². The van der Waals surface area contributed by atoms with Gasteiger partial charge in [-0.3, -0.25) is 0 Å². The van der Waals surface area contributed by atoms with Gasteiger partial charge in [-0.1, -0.05) is 60.7 Å². The van der Waals surface area contributed by atoms with Crippen LogP contribution in [0.25, 0.3) is 0 Å². The van der Waals surface area contributed by atoms with Gasteiger partial charge in [0.15, 0.2) is 5.11 Å². The van der Waals surface area contributed by atoms with Crippen LogP contribution in [0, 0.1) is 0 Å². The van der Waals surface area contributed by atoms with Crippen LogP contribution in [0.15, 0.2) is 60.7 Å². The van der Waals surface area contributed by atoms with E-state index in [4.69, 9.17) is 23.1 Å². The van der Waals surface area contributed by atoms with Crippen LogP contribution in [0.4, 0.5) is 5.82 Å². The summed E-state index contributed by atoms with van der Waals surface area (Å²) in [6.07, 6.45) is 1.79. The summed E-state index contributed by atoms with van der Waals surface area (Å²) in [5.41, 5.74) is 10.7. The van der Waals surface area contributed by atoms with E-state index in [9.17, 15) is 0 Å². The highest BCUT2D eigenvalue weighted by molar-refractivity contribution is 7.80. The zero-order valence-corrected chi connectivity index (χ0v) is 14.7. The Morgan fingerprint density at radius 3 is 2.24 bits per heavy atom. The number of nitrogens with zero attached hydrogens (tertiary/aromatic N) is 2. The molecule has 0 amide bonds. The average molecular weight is 348 g/mol. The highest BCUT2D eigenvalue weighted by Gasteiger charge is 2.26. The molecule has 1 aliphatic heterocycles. The molecule has 2 heterocycles. The van der Waals surface area contributed by atoms with Crippen molar-refractivity contribution in [3.63, 3.8) is 0 Å². The molecule has 0 unspecified atom stereocenters. The van der Waals surface area contributed by atoms with Gasteiger partial charge in [-0.25, -0.2) is 0 Å². The molecule has 0 aliphatic carbocycles. The van der Waals surface area contributed by atoms with Gasteiger partial charge in [-0.15, -0.1) is 0 Å². The second-order valence-corrected chi connectivity index (χ2v) is 6.70. The quantitative estimate of drug-likeness (QED) is 0.710. The Balaban J connectivity index is 1.76. The van der Waals surface area contributed by atoms with Crippen molar-refractivity contribution in [1.82, 2.24) is 9.78 Å². The molecule has 4 rings (SSSR count). The van der Waals surface area contributed by atoms with Crippen molar-refractivity contribution in [2.24, 2.45) is 5.73 Å². The Morgan fingerprint density at radius 1 is 1.08 bits per heavy atom. The van der Waals surface area contributed by atoms with Gasteiger partial charge in [-0.05, 0) is 29.8 Å². The van der Waals surface area contributed by atoms with Gasteiger partial charge in [0.05, 0.1) is 5.69 Å². The normalized spacial score (nSPS) is 12.8. The van der Waals surface area contributed by atoms with E-state index in [1.54, 1.807) is 4.68 Å². The van der Waals surface area contributed by atoms with Gasteiger partial charge in [0.1, 0.15) is 5.82 Å². The lowest BCUT2D eigenvalue weighted by molar-refractivity contribution is 0.754. The minimum atomic E-state index is 0.252. The lowest BCUT2D eigenvalue weighted by atomic mass is 9.86. The molecule has 25 heavy (non-hydrogen) atoms. The minimum absolute atomic E-state index is 0.252. The van der Waals surface area contributed by atoms with Gasteiger partial charge in [0.2, 0.25) is 0 Å². The van der Waals surface area contributed by atoms with Gasteiger partial charge < -0.3 is 11.1 Å². The summed E-state index contributed by atoms with van der Waals surface area (Å²) < 4.78 is 1.67. The van der Waals surface area contributed by atoms with Crippen LogP contribution in [-0.4, -0.2) is 21.4 Å². The molecule has 0 bridgehead atoms. The number of anilines is 1. The van der Waals surface area contributed by atoms with Crippen molar-refractivity contribution in [3.8, 4) is 0 Å². The summed E-state index contributed by atoms with van der Waals surface area (Å²) in [6.45, 7) is 0.907. The molecule has 3 N–H and O–H groups in total. The lowest BCUT2D eigenvalue weighted by Gasteiger charge is -2.17. The smallest absolute Gasteiger partial charge is 0.193 e. The third-order valence-corrected chi connectivity index (χ3v) is 4.92. The van der Waals surface area contributed by atoms with Crippen LogP contribution in [0.5, 0.6) is 0 Å². The van der Waals surface area contributed by atoms with E-state index in [0.29, 0.717) is 0 Å². The number of nitrogens with one attached hydrogen (secondary N) is 1. The van der Waals surface area contributed by atoms with E-state index < -0.39 is 0 Å². The van der Waals surface area contributed by atoms with E-state index in [1.807, 2.05) is 0 Å². The number of hydrogen-bond acceptors (Lipinski definition) is 3. The molecule has 4 nitrogen and oxygen atoms in total. The Labute approximate surface area is 152 Å². The molecule has 0 saturated carbocycles. The maximum absolute atomic E-state index is 5.85. The monoisotopic (exact) mass is 348 g/mol. The topological polar surface area (TPSA) is 55.9 Å². The number of fused-ring (bicyclic) bond motifs is 1. The molecule has 0 fully saturated rings. The molecule has 0 atom stereocenters. The van der Waals surface area contributed by atoms with Crippen LogP contribution >= 0.6 is 12.2 Å². The molecule has 0 radical (unpaired) electrons. The van der Waals surface area contributed by atoms with Crippen molar-refractivity contribution in [2.75, 3.05) is 11.9 Å². The molecule has 0 saturated heterocycles. The Kier molecular flexibility index (Phi) is 4.24. The maximum atomic E-state index is 5.85. The summed E-state index contributed by atoms with van der Waals surface area (Å²) >= 11 is 5.16. The maximum Gasteiger partial charge on any atom is 0.193 e. The summed E-state index contributed by atoms with van der Waals surface area (Å²) in [5.74, 6) is 1.21. The van der Waals surface area contributed by atoms with Crippen molar-refractivity contribution in [3.05, 3.63) is 83.0 Å². The number of aromatic nitrogens is 2. The zero-order chi connectivity index (χ0) is 17.2. The first-order valence-corrected chi connectivity index (χ1v) is 8.89. The third-order valence-electron chi connectivity index (χ3n) is 4.74. The van der Waals surface area contributed by atoms with Crippen molar-refractivity contribution in [1.29, 1.82) is 0 Å². The predicted octanol–water partition coefficient (Wildman–Crippen LogP) is 3.32. The average Bonchev–Trinajstić information content (AvgIpc) is 3.24. The fourth-order valence-electron chi connectivity index (χ4n) is 3.56. The Morgan fingerprint density at radius 2 is 1.68 bits per heavy atom. The SMILES string of the molecule is NC(=S)n1nc(CC(c2ccccc2)c2ccccc2)c2c1NCC2. The molecule has 2 aromatic carbocycles. The zero-order valence-electron chi connectivity index (χ0n) is 13.9. The Hall–Kier alpha value is -2.66. The molecule has 1 aliphatic rings. The van der Waals surface area contributed by atoms with E-state index in [-0.39, 0.29) is 11.0 Å². The molecule has 5 heteroatoms. The first-order chi connectivity index (χ1) is 12.2. The van der Waals surface area contributed by atoms with E-state index in [2.05, 4.69) is 66.0 Å². The fourth-order valence-corrected chi connectivity index (χ4v) is 3.69. The molecule has 126 valence electrons. The third kappa shape index (κ3) is 3.03. The number of thiocarbonyl (C=S) groups is 1. The number of nitrogens with two attached hydrogens (primary N) is 1. The first-order valence-electron chi connectivity index (χ1n) is 8.48. The van der Waals surface area contributed by atoms with E-state index in [1.165, 1.54) is 16.7 Å². The van der Waals surface area contributed by atoms with Gasteiger partial charge in [0, 0.05) is 24.4 Å². The van der Waals surface area contributed by atoms with Crippen LogP contribution < -0.4 is 11.1 Å². The minimum Gasteiger partial charge on any atom is -0.374 e. The van der Waals surface area contributed by atoms with Gasteiger partial charge in [-0.2, -0.15) is 9.78 Å². The summed E-state index contributed by atoms with van der Waals surface area (Å²) in [6, 6.07) is 21.2. The summed E-state index contributed by atoms with van der Waals surface area (Å²) in [7, 11) is 0. The van der Waals surface area contributed by atoms with Gasteiger partial charge in [0.25, 0.3) is 0 Å². The predicted molar refractivity (Wildman–Crippen MR) is 105 cm³/mol. The Bertz CT molecular complexity index is 847. The standard InChI is InChI=1S/C20H20N4S/c21-20(25)24-19-16(11-12-22-19)18(23-24)13-17(14-7-3-1-4-8-14)15-9-5-2-6-10-15/h1-10,17,22H,11-13H2,(H2,21,25). The van der Waals surface area contributed by atoms with Crippen LogP contribution in [0.1, 0.15) is 28.3 Å². The summed E-state index contributed by atoms with van der Waals surface area (Å²) in [5, 5.41) is 8.35. The van der Waals surface area contributed by atoms with Gasteiger partial charge >= 0.3 is 0 Å². The first kappa shape index (κ1) is 15.8. The molecule has 1 aromatic heterocycles. The largest absolute Gasteiger partial charge is 0.374 e. The molecular formula is C20H20N4S. The lowest BCUT2D eigenvalue weighted by Crippen LogP contribution is -2.22. The van der Waals surface area contributed by atoms with Crippen LogP contribution in [0.3, 0.4) is 0 Å². The number of hydrogen-bond donors (Lipinski definition) is 2. The highest BCUT2D eigenvalue weighted by atomic mass is 32.1. The van der Waals surface area contributed by atoms with Crippen molar-refractivity contribution < 1.29 is 0 Å². The molecule has 3 aromatic rings. The second kappa shape index (κ2) is 6.69. The van der Waals surface area contributed by atoms with Crippen LogP contribution in [0.2, 0.25) is 0 Å².